The molecule has 1 N–H and O–H groups in total. The number of sulfonamides is 1. The molecule has 6 heteroatoms. The van der Waals surface area contributed by atoms with Gasteiger partial charge in [0.05, 0.1) is 16.5 Å². The molecular formula is C14H19N3O2S. The third kappa shape index (κ3) is 3.37. The van der Waals surface area contributed by atoms with Crippen LogP contribution in [0.5, 0.6) is 0 Å². The SMILES string of the molecule is CN(CC1CCCCN1)S(=O)(=O)c1ccc(C#N)cc1. The molecule has 1 aromatic carbocycles. The quantitative estimate of drug-likeness (QED) is 0.908. The molecule has 1 aromatic rings. The lowest BCUT2D eigenvalue weighted by molar-refractivity contribution is 0.337. The number of benzene rings is 1. The van der Waals surface area contributed by atoms with Crippen LogP contribution in [-0.4, -0.2) is 38.9 Å². The molecule has 1 aliphatic heterocycles. The molecular weight excluding hydrogens is 274 g/mol. The van der Waals surface area contributed by atoms with Gasteiger partial charge in [-0.1, -0.05) is 6.42 Å². The number of likely N-dealkylation sites (N-methyl/N-ethyl adjacent to an activating group) is 1. The highest BCUT2D eigenvalue weighted by Gasteiger charge is 2.24. The van der Waals surface area contributed by atoms with Crippen LogP contribution in [0.15, 0.2) is 29.2 Å². The van der Waals surface area contributed by atoms with Crippen LogP contribution in [0.1, 0.15) is 24.8 Å². The molecule has 0 amide bonds. The van der Waals surface area contributed by atoms with E-state index in [1.165, 1.54) is 28.6 Å². The number of nitrogens with zero attached hydrogens (tertiary/aromatic N) is 2. The molecule has 0 saturated carbocycles. The molecule has 5 nitrogen and oxygen atoms in total. The molecule has 0 spiro atoms. The van der Waals surface area contributed by atoms with Crippen LogP contribution in [0.2, 0.25) is 0 Å². The van der Waals surface area contributed by atoms with Crippen LogP contribution >= 0.6 is 0 Å². The van der Waals surface area contributed by atoms with Gasteiger partial charge >= 0.3 is 0 Å². The summed E-state index contributed by atoms with van der Waals surface area (Å²) in [4.78, 5) is 0.231. The van der Waals surface area contributed by atoms with Gasteiger partial charge in [0, 0.05) is 19.6 Å². The van der Waals surface area contributed by atoms with Gasteiger partial charge in [-0.25, -0.2) is 8.42 Å². The topological polar surface area (TPSA) is 73.2 Å². The van der Waals surface area contributed by atoms with Crippen molar-refractivity contribution in [1.82, 2.24) is 9.62 Å². The van der Waals surface area contributed by atoms with E-state index in [2.05, 4.69) is 5.32 Å². The fourth-order valence-electron chi connectivity index (χ4n) is 2.37. The lowest BCUT2D eigenvalue weighted by Gasteiger charge is -2.27. The van der Waals surface area contributed by atoms with Crippen LogP contribution in [0.25, 0.3) is 0 Å². The van der Waals surface area contributed by atoms with E-state index in [-0.39, 0.29) is 10.9 Å². The van der Waals surface area contributed by atoms with Crippen molar-refractivity contribution in [3.63, 3.8) is 0 Å². The second-order valence-electron chi connectivity index (χ2n) is 5.07. The first kappa shape index (κ1) is 15.0. The predicted molar refractivity (Wildman–Crippen MR) is 76.6 cm³/mol. The Morgan fingerprint density at radius 1 is 1.35 bits per heavy atom. The first-order valence-corrected chi connectivity index (χ1v) is 8.18. The van der Waals surface area contributed by atoms with E-state index in [0.29, 0.717) is 12.1 Å². The smallest absolute Gasteiger partial charge is 0.242 e. The highest BCUT2D eigenvalue weighted by molar-refractivity contribution is 7.89. The summed E-state index contributed by atoms with van der Waals surface area (Å²) in [7, 11) is -1.88. The summed E-state index contributed by atoms with van der Waals surface area (Å²) in [5.41, 5.74) is 0.459. The zero-order valence-corrected chi connectivity index (χ0v) is 12.4. The summed E-state index contributed by atoms with van der Waals surface area (Å²) in [6, 6.07) is 8.23. The van der Waals surface area contributed by atoms with Crippen LogP contribution < -0.4 is 5.32 Å². The molecule has 108 valence electrons. The van der Waals surface area contributed by atoms with E-state index in [0.717, 1.165) is 25.8 Å². The van der Waals surface area contributed by atoms with Crippen LogP contribution in [-0.2, 0) is 10.0 Å². The van der Waals surface area contributed by atoms with Crippen LogP contribution in [0, 0.1) is 11.3 Å². The Morgan fingerprint density at radius 2 is 2.05 bits per heavy atom. The molecule has 1 heterocycles. The van der Waals surface area contributed by atoms with E-state index in [4.69, 9.17) is 5.26 Å². The number of rotatable bonds is 4. The van der Waals surface area contributed by atoms with Crippen molar-refractivity contribution >= 4 is 10.0 Å². The van der Waals surface area contributed by atoms with Crippen molar-refractivity contribution in [2.45, 2.75) is 30.2 Å². The molecule has 1 saturated heterocycles. The number of nitriles is 1. The molecule has 2 rings (SSSR count). The first-order chi connectivity index (χ1) is 9.54. The molecule has 1 unspecified atom stereocenters. The third-order valence-corrected chi connectivity index (χ3v) is 5.42. The van der Waals surface area contributed by atoms with Crippen molar-refractivity contribution in [2.75, 3.05) is 20.1 Å². The second kappa shape index (κ2) is 6.35. The summed E-state index contributed by atoms with van der Waals surface area (Å²) < 4.78 is 26.2. The van der Waals surface area contributed by atoms with Crippen molar-refractivity contribution < 1.29 is 8.42 Å². The van der Waals surface area contributed by atoms with Gasteiger partial charge in [0.15, 0.2) is 0 Å². The van der Waals surface area contributed by atoms with Gasteiger partial charge in [0.1, 0.15) is 0 Å². The van der Waals surface area contributed by atoms with Crippen LogP contribution in [0.4, 0.5) is 0 Å². The maximum atomic E-state index is 12.4. The van der Waals surface area contributed by atoms with Gasteiger partial charge in [0.25, 0.3) is 0 Å². The highest BCUT2D eigenvalue weighted by Crippen LogP contribution is 2.17. The molecule has 1 atom stereocenters. The molecule has 1 aliphatic rings. The van der Waals surface area contributed by atoms with Crippen LogP contribution in [0.3, 0.4) is 0 Å². The Bertz CT molecular complexity index is 584. The molecule has 1 fully saturated rings. The Balaban J connectivity index is 2.09. The average molecular weight is 293 g/mol. The van der Waals surface area contributed by atoms with Crippen molar-refractivity contribution in [1.29, 1.82) is 5.26 Å². The Labute approximate surface area is 120 Å². The largest absolute Gasteiger partial charge is 0.313 e. The predicted octanol–water partition coefficient (Wildman–Crippen LogP) is 1.32. The summed E-state index contributed by atoms with van der Waals surface area (Å²) >= 11 is 0. The molecule has 20 heavy (non-hydrogen) atoms. The van der Waals surface area contributed by atoms with Gasteiger partial charge in [-0.15, -0.1) is 0 Å². The maximum Gasteiger partial charge on any atom is 0.242 e. The van der Waals surface area contributed by atoms with E-state index in [1.807, 2.05) is 6.07 Å². The maximum absolute atomic E-state index is 12.4. The average Bonchev–Trinajstić information content (AvgIpc) is 2.48. The molecule has 0 aromatic heterocycles. The van der Waals surface area contributed by atoms with Gasteiger partial charge in [-0.3, -0.25) is 0 Å². The summed E-state index contributed by atoms with van der Waals surface area (Å²) in [5, 5.41) is 12.1. The highest BCUT2D eigenvalue weighted by atomic mass is 32.2. The zero-order valence-electron chi connectivity index (χ0n) is 11.5. The fourth-order valence-corrected chi connectivity index (χ4v) is 3.59. The van der Waals surface area contributed by atoms with Crippen molar-refractivity contribution in [3.8, 4) is 6.07 Å². The minimum absolute atomic E-state index is 0.224. The fraction of sp³-hybridized carbons (Fsp3) is 0.500. The molecule has 0 aliphatic carbocycles. The molecule has 0 radical (unpaired) electrons. The number of hydrogen-bond acceptors (Lipinski definition) is 4. The summed E-state index contributed by atoms with van der Waals surface area (Å²) in [6.45, 7) is 1.43. The number of piperidine rings is 1. The van der Waals surface area contributed by atoms with Crippen molar-refractivity contribution in [3.05, 3.63) is 29.8 Å². The van der Waals surface area contributed by atoms with E-state index >= 15 is 0 Å². The Kier molecular flexibility index (Phi) is 4.76. The Morgan fingerprint density at radius 3 is 2.60 bits per heavy atom. The minimum Gasteiger partial charge on any atom is -0.313 e. The minimum atomic E-state index is -3.48. The molecule has 0 bridgehead atoms. The lowest BCUT2D eigenvalue weighted by Crippen LogP contribution is -2.44. The van der Waals surface area contributed by atoms with Gasteiger partial charge in [-0.2, -0.15) is 9.57 Å². The van der Waals surface area contributed by atoms with E-state index < -0.39 is 10.0 Å². The zero-order chi connectivity index (χ0) is 14.6. The summed E-state index contributed by atoms with van der Waals surface area (Å²) in [6.07, 6.45) is 3.30. The lowest BCUT2D eigenvalue weighted by atomic mass is 10.1. The van der Waals surface area contributed by atoms with Crippen molar-refractivity contribution in [2.24, 2.45) is 0 Å². The first-order valence-electron chi connectivity index (χ1n) is 6.74. The monoisotopic (exact) mass is 293 g/mol. The van der Waals surface area contributed by atoms with Gasteiger partial charge < -0.3 is 5.32 Å². The Hall–Kier alpha value is -1.42. The number of hydrogen-bond donors (Lipinski definition) is 1. The van der Waals surface area contributed by atoms with E-state index in [9.17, 15) is 8.42 Å². The number of nitrogens with one attached hydrogen (secondary N) is 1. The standard InChI is InChI=1S/C14H19N3O2S/c1-17(11-13-4-2-3-9-16-13)20(18,19)14-7-5-12(10-15)6-8-14/h5-8,13,16H,2-4,9,11H2,1H3. The normalized spacial score (nSPS) is 19.8. The second-order valence-corrected chi connectivity index (χ2v) is 7.11. The third-order valence-electron chi connectivity index (χ3n) is 3.58. The van der Waals surface area contributed by atoms with Gasteiger partial charge in [0.2, 0.25) is 10.0 Å². The summed E-state index contributed by atoms with van der Waals surface area (Å²) in [5.74, 6) is 0. The van der Waals surface area contributed by atoms with E-state index in [1.54, 1.807) is 7.05 Å². The van der Waals surface area contributed by atoms with Gasteiger partial charge in [-0.05, 0) is 43.7 Å².